The van der Waals surface area contributed by atoms with Gasteiger partial charge in [-0.3, -0.25) is 9.67 Å². The lowest BCUT2D eigenvalue weighted by atomic mass is 10.2. The Bertz CT molecular complexity index is 772. The Hall–Kier alpha value is -2.81. The van der Waals surface area contributed by atoms with Crippen molar-refractivity contribution in [2.75, 3.05) is 40.4 Å². The first-order valence-corrected chi connectivity index (χ1v) is 9.90. The van der Waals surface area contributed by atoms with Gasteiger partial charge in [-0.25, -0.2) is 4.98 Å². The van der Waals surface area contributed by atoms with Gasteiger partial charge in [0.05, 0.1) is 13.7 Å². The van der Waals surface area contributed by atoms with Crippen LogP contribution in [0.1, 0.15) is 25.2 Å². The molecule has 2 N–H and O–H groups in total. The smallest absolute Gasteiger partial charge is 0.191 e. The zero-order valence-electron chi connectivity index (χ0n) is 18.1. The molecule has 0 bridgehead atoms. The predicted octanol–water partition coefficient (Wildman–Crippen LogP) is 1.41. The van der Waals surface area contributed by atoms with Crippen molar-refractivity contribution in [2.45, 2.75) is 26.9 Å². The molecule has 2 aromatic rings. The van der Waals surface area contributed by atoms with E-state index >= 15 is 0 Å². The highest BCUT2D eigenvalue weighted by molar-refractivity contribution is 5.79. The van der Waals surface area contributed by atoms with Crippen LogP contribution in [-0.2, 0) is 20.1 Å². The van der Waals surface area contributed by atoms with Gasteiger partial charge < -0.3 is 25.0 Å². The topological polar surface area (TPSA) is 88.8 Å². The summed E-state index contributed by atoms with van der Waals surface area (Å²) in [5.41, 5.74) is 1.07. The van der Waals surface area contributed by atoms with Crippen LogP contribution in [0.5, 0.6) is 11.5 Å². The number of rotatable bonds is 11. The Morgan fingerprint density at radius 1 is 1.17 bits per heavy atom. The number of guanidine groups is 1. The van der Waals surface area contributed by atoms with Gasteiger partial charge in [0, 0.05) is 27.2 Å². The molecule has 0 fully saturated rings. The number of aromatic nitrogens is 3. The van der Waals surface area contributed by atoms with E-state index in [1.165, 1.54) is 6.33 Å². The molecule has 9 nitrogen and oxygen atoms in total. The fraction of sp³-hybridized carbons (Fsp3) is 0.550. The van der Waals surface area contributed by atoms with Crippen LogP contribution in [-0.4, -0.2) is 66.0 Å². The number of likely N-dealkylation sites (N-methyl/N-ethyl adjacent to an activating group) is 1. The standard InChI is InChI=1S/C20H33N7O2/c1-6-27(7-2)10-11-29-17-9-8-16(12-18(17)28-5)13-22-20(21-3)23-14-19-24-15-25-26(19)4/h8-9,12,15H,6-7,10-11,13-14H2,1-5H3,(H2,21,22,23). The molecule has 0 aliphatic rings. The summed E-state index contributed by atoms with van der Waals surface area (Å²) >= 11 is 0. The van der Waals surface area contributed by atoms with E-state index in [4.69, 9.17) is 9.47 Å². The molecule has 1 aromatic heterocycles. The number of nitrogens with one attached hydrogen (secondary N) is 2. The van der Waals surface area contributed by atoms with Crippen molar-refractivity contribution in [3.63, 3.8) is 0 Å². The Labute approximate surface area is 173 Å². The average Bonchev–Trinajstić information content (AvgIpc) is 3.16. The molecule has 0 atom stereocenters. The molecule has 9 heteroatoms. The molecule has 0 amide bonds. The number of aliphatic imine (C=N–C) groups is 1. The van der Waals surface area contributed by atoms with Crippen molar-refractivity contribution in [3.8, 4) is 11.5 Å². The molecule has 0 unspecified atom stereocenters. The molecule has 0 radical (unpaired) electrons. The summed E-state index contributed by atoms with van der Waals surface area (Å²) in [6.07, 6.45) is 1.53. The SMILES string of the molecule is CCN(CC)CCOc1ccc(CNC(=NC)NCc2ncnn2C)cc1OC. The number of hydrogen-bond donors (Lipinski definition) is 2. The molecule has 0 saturated heterocycles. The van der Waals surface area contributed by atoms with Gasteiger partial charge in [-0.15, -0.1) is 0 Å². The number of benzene rings is 1. The maximum Gasteiger partial charge on any atom is 0.191 e. The highest BCUT2D eigenvalue weighted by atomic mass is 16.5. The number of nitrogens with zero attached hydrogens (tertiary/aromatic N) is 5. The van der Waals surface area contributed by atoms with Crippen LogP contribution in [0.25, 0.3) is 0 Å². The van der Waals surface area contributed by atoms with Gasteiger partial charge in [-0.2, -0.15) is 5.10 Å². The molecule has 0 aliphatic heterocycles. The first-order chi connectivity index (χ1) is 14.1. The van der Waals surface area contributed by atoms with E-state index in [-0.39, 0.29) is 0 Å². The minimum absolute atomic E-state index is 0.540. The Morgan fingerprint density at radius 2 is 1.93 bits per heavy atom. The highest BCUT2D eigenvalue weighted by Crippen LogP contribution is 2.28. The van der Waals surface area contributed by atoms with Crippen LogP contribution in [0.3, 0.4) is 0 Å². The first kappa shape index (κ1) is 22.5. The molecule has 0 saturated carbocycles. The summed E-state index contributed by atoms with van der Waals surface area (Å²) in [4.78, 5) is 10.8. The van der Waals surface area contributed by atoms with Crippen LogP contribution in [0.2, 0.25) is 0 Å². The maximum absolute atomic E-state index is 5.92. The molecule has 160 valence electrons. The van der Waals surface area contributed by atoms with Crippen molar-refractivity contribution in [1.82, 2.24) is 30.3 Å². The summed E-state index contributed by atoms with van der Waals surface area (Å²) in [7, 11) is 5.25. The number of methoxy groups -OCH3 is 1. The fourth-order valence-corrected chi connectivity index (χ4v) is 2.82. The van der Waals surface area contributed by atoms with Gasteiger partial charge in [-0.1, -0.05) is 19.9 Å². The molecular weight excluding hydrogens is 370 g/mol. The Kier molecular flexibility index (Phi) is 9.23. The maximum atomic E-state index is 5.92. The molecule has 29 heavy (non-hydrogen) atoms. The minimum atomic E-state index is 0.540. The lowest BCUT2D eigenvalue weighted by molar-refractivity contribution is 0.217. The third kappa shape index (κ3) is 6.94. The minimum Gasteiger partial charge on any atom is -0.493 e. The van der Waals surface area contributed by atoms with Crippen LogP contribution in [0.4, 0.5) is 0 Å². The Balaban J connectivity index is 1.87. The second kappa shape index (κ2) is 11.9. The van der Waals surface area contributed by atoms with Gasteiger partial charge in [0.25, 0.3) is 0 Å². The van der Waals surface area contributed by atoms with Crippen molar-refractivity contribution in [3.05, 3.63) is 35.9 Å². The third-order valence-electron chi connectivity index (χ3n) is 4.69. The second-order valence-corrected chi connectivity index (χ2v) is 6.44. The van der Waals surface area contributed by atoms with E-state index in [1.54, 1.807) is 18.8 Å². The summed E-state index contributed by atoms with van der Waals surface area (Å²) < 4.78 is 13.2. The molecule has 0 spiro atoms. The van der Waals surface area contributed by atoms with Crippen molar-refractivity contribution in [2.24, 2.45) is 12.0 Å². The summed E-state index contributed by atoms with van der Waals surface area (Å²) in [6, 6.07) is 5.96. The fourth-order valence-electron chi connectivity index (χ4n) is 2.82. The van der Waals surface area contributed by atoms with Crippen LogP contribution in [0.15, 0.2) is 29.5 Å². The van der Waals surface area contributed by atoms with Gasteiger partial charge >= 0.3 is 0 Å². The molecule has 1 heterocycles. The largest absolute Gasteiger partial charge is 0.493 e. The van der Waals surface area contributed by atoms with Crippen molar-refractivity contribution < 1.29 is 9.47 Å². The van der Waals surface area contributed by atoms with E-state index < -0.39 is 0 Å². The highest BCUT2D eigenvalue weighted by Gasteiger charge is 2.08. The third-order valence-corrected chi connectivity index (χ3v) is 4.69. The zero-order valence-corrected chi connectivity index (χ0v) is 18.1. The molecule has 2 rings (SSSR count). The van der Waals surface area contributed by atoms with E-state index in [2.05, 4.69) is 44.5 Å². The summed E-state index contributed by atoms with van der Waals surface area (Å²) in [5.74, 6) is 3.01. The van der Waals surface area contributed by atoms with Gasteiger partial charge in [0.15, 0.2) is 17.5 Å². The average molecular weight is 404 g/mol. The number of hydrogen-bond acceptors (Lipinski definition) is 6. The lowest BCUT2D eigenvalue weighted by Gasteiger charge is -2.19. The van der Waals surface area contributed by atoms with Crippen molar-refractivity contribution in [1.29, 1.82) is 0 Å². The van der Waals surface area contributed by atoms with Crippen molar-refractivity contribution >= 4 is 5.96 Å². The van der Waals surface area contributed by atoms with Crippen LogP contribution < -0.4 is 20.1 Å². The van der Waals surface area contributed by atoms with E-state index in [0.29, 0.717) is 25.7 Å². The molecule has 1 aromatic carbocycles. The summed E-state index contributed by atoms with van der Waals surface area (Å²) in [6.45, 7) is 9.03. The van der Waals surface area contributed by atoms with Gasteiger partial charge in [-0.05, 0) is 30.8 Å². The van der Waals surface area contributed by atoms with E-state index in [1.807, 2.05) is 25.2 Å². The predicted molar refractivity (Wildman–Crippen MR) is 114 cm³/mol. The van der Waals surface area contributed by atoms with Gasteiger partial charge in [0.2, 0.25) is 0 Å². The van der Waals surface area contributed by atoms with Crippen LogP contribution >= 0.6 is 0 Å². The molecule has 0 aliphatic carbocycles. The first-order valence-electron chi connectivity index (χ1n) is 9.90. The number of aryl methyl sites for hydroxylation is 1. The monoisotopic (exact) mass is 403 g/mol. The van der Waals surface area contributed by atoms with E-state index in [9.17, 15) is 0 Å². The Morgan fingerprint density at radius 3 is 2.55 bits per heavy atom. The van der Waals surface area contributed by atoms with E-state index in [0.717, 1.165) is 42.5 Å². The quantitative estimate of drug-likeness (QED) is 0.433. The number of ether oxygens (including phenoxy) is 2. The van der Waals surface area contributed by atoms with Crippen LogP contribution in [0, 0.1) is 0 Å². The van der Waals surface area contributed by atoms with Gasteiger partial charge in [0.1, 0.15) is 18.8 Å². The lowest BCUT2D eigenvalue weighted by Crippen LogP contribution is -2.36. The zero-order chi connectivity index (χ0) is 21.1. The second-order valence-electron chi connectivity index (χ2n) is 6.44. The normalized spacial score (nSPS) is 11.6. The summed E-state index contributed by atoms with van der Waals surface area (Å²) in [5, 5.41) is 10.6. The molecular formula is C20H33N7O2.